The number of aliphatic hydroxyl groups is 1. The fourth-order valence-corrected chi connectivity index (χ4v) is 5.41. The Hall–Kier alpha value is -1.94. The molecule has 0 aromatic carbocycles. The van der Waals surface area contributed by atoms with Crippen molar-refractivity contribution in [1.82, 2.24) is 0 Å². The molecule has 0 bridgehead atoms. The van der Waals surface area contributed by atoms with Crippen molar-refractivity contribution in [1.29, 1.82) is 0 Å². The SMILES string of the molecule is CC1=C[C@H](C)[C@@H]2[C@H]3C(=O)CC(O)CC(=O)O[C@H](C)/C=C/C=C\[C@H](C)[C@H]3C=C[C@H]2C1. The molecule has 1 heterocycles. The van der Waals surface area contributed by atoms with E-state index >= 15 is 0 Å². The zero-order valence-electron chi connectivity index (χ0n) is 18.0. The van der Waals surface area contributed by atoms with E-state index in [9.17, 15) is 14.7 Å². The number of aliphatic hydroxyl groups excluding tert-OH is 1. The minimum absolute atomic E-state index is 0.00337. The number of carbonyl (C=O) groups is 2. The molecule has 1 aliphatic heterocycles. The highest BCUT2D eigenvalue weighted by atomic mass is 16.5. The minimum Gasteiger partial charge on any atom is -0.458 e. The molecule has 0 spiro atoms. The lowest BCUT2D eigenvalue weighted by Gasteiger charge is -2.45. The summed E-state index contributed by atoms with van der Waals surface area (Å²) >= 11 is 0. The highest BCUT2D eigenvalue weighted by molar-refractivity contribution is 5.83. The summed E-state index contributed by atoms with van der Waals surface area (Å²) in [5.41, 5.74) is 1.38. The second kappa shape index (κ2) is 9.25. The Labute approximate surface area is 174 Å². The first-order valence-electron chi connectivity index (χ1n) is 10.9. The molecule has 0 aromatic rings. The van der Waals surface area contributed by atoms with E-state index in [1.807, 2.05) is 18.2 Å². The van der Waals surface area contributed by atoms with Gasteiger partial charge in [0, 0.05) is 12.3 Å². The van der Waals surface area contributed by atoms with Gasteiger partial charge in [0.05, 0.1) is 12.5 Å². The first kappa shape index (κ1) is 21.8. The highest BCUT2D eigenvalue weighted by Gasteiger charge is 2.45. The molecule has 1 N–H and O–H groups in total. The average Bonchev–Trinajstić information content (AvgIpc) is 2.62. The van der Waals surface area contributed by atoms with E-state index in [-0.39, 0.29) is 48.4 Å². The number of hydrogen-bond donors (Lipinski definition) is 1. The molecular weight excluding hydrogens is 364 g/mol. The predicted octanol–water partition coefficient (Wildman–Crippen LogP) is 4.41. The molecular formula is C25H34O4. The van der Waals surface area contributed by atoms with Gasteiger partial charge in [-0.05, 0) is 55.9 Å². The van der Waals surface area contributed by atoms with Gasteiger partial charge in [0.25, 0.3) is 0 Å². The van der Waals surface area contributed by atoms with Crippen molar-refractivity contribution in [2.45, 2.75) is 59.2 Å². The molecule has 3 rings (SSSR count). The summed E-state index contributed by atoms with van der Waals surface area (Å²) in [6.45, 7) is 8.30. The Morgan fingerprint density at radius 3 is 2.41 bits per heavy atom. The number of ether oxygens (including phenoxy) is 1. The third-order valence-electron chi connectivity index (χ3n) is 6.66. The number of fused-ring (bicyclic) bond motifs is 3. The number of rotatable bonds is 0. The molecule has 1 unspecified atom stereocenters. The van der Waals surface area contributed by atoms with Gasteiger partial charge in [-0.15, -0.1) is 0 Å². The van der Waals surface area contributed by atoms with Gasteiger partial charge in [0.15, 0.2) is 0 Å². The molecule has 2 aliphatic carbocycles. The van der Waals surface area contributed by atoms with Gasteiger partial charge >= 0.3 is 5.97 Å². The lowest BCUT2D eigenvalue weighted by Crippen LogP contribution is -2.44. The maximum atomic E-state index is 13.4. The number of ketones is 1. The molecule has 0 fully saturated rings. The third-order valence-corrected chi connectivity index (χ3v) is 6.66. The lowest BCUT2D eigenvalue weighted by atomic mass is 9.58. The number of hydrogen-bond acceptors (Lipinski definition) is 4. The molecule has 29 heavy (non-hydrogen) atoms. The van der Waals surface area contributed by atoms with Crippen LogP contribution >= 0.6 is 0 Å². The Morgan fingerprint density at radius 1 is 0.931 bits per heavy atom. The van der Waals surface area contributed by atoms with E-state index in [1.54, 1.807) is 6.92 Å². The van der Waals surface area contributed by atoms with Crippen molar-refractivity contribution in [2.24, 2.45) is 35.5 Å². The van der Waals surface area contributed by atoms with Gasteiger partial charge in [-0.1, -0.05) is 55.9 Å². The number of cyclic esters (lactones) is 1. The molecule has 158 valence electrons. The van der Waals surface area contributed by atoms with E-state index in [0.29, 0.717) is 11.8 Å². The van der Waals surface area contributed by atoms with Crippen molar-refractivity contribution in [3.8, 4) is 0 Å². The van der Waals surface area contributed by atoms with Crippen LogP contribution in [0.1, 0.15) is 47.0 Å². The number of allylic oxidation sites excluding steroid dienone is 7. The van der Waals surface area contributed by atoms with Crippen LogP contribution in [-0.4, -0.2) is 29.1 Å². The van der Waals surface area contributed by atoms with Crippen LogP contribution in [0.3, 0.4) is 0 Å². The van der Waals surface area contributed by atoms with E-state index in [2.05, 4.69) is 45.1 Å². The van der Waals surface area contributed by atoms with Gasteiger partial charge in [-0.2, -0.15) is 0 Å². The van der Waals surface area contributed by atoms with Crippen molar-refractivity contribution < 1.29 is 19.4 Å². The molecule has 0 saturated heterocycles. The molecule has 3 aliphatic rings. The number of esters is 1. The van der Waals surface area contributed by atoms with Crippen LogP contribution in [0.25, 0.3) is 0 Å². The van der Waals surface area contributed by atoms with Gasteiger partial charge in [0.2, 0.25) is 0 Å². The number of carbonyl (C=O) groups excluding carboxylic acids is 2. The molecule has 4 heteroatoms. The first-order chi connectivity index (χ1) is 13.8. The van der Waals surface area contributed by atoms with Crippen molar-refractivity contribution in [2.75, 3.05) is 0 Å². The smallest absolute Gasteiger partial charge is 0.309 e. The summed E-state index contributed by atoms with van der Waals surface area (Å²) < 4.78 is 5.30. The molecule has 0 aromatic heterocycles. The van der Waals surface area contributed by atoms with Gasteiger partial charge in [0.1, 0.15) is 11.9 Å². The Balaban J connectivity index is 1.95. The predicted molar refractivity (Wildman–Crippen MR) is 114 cm³/mol. The average molecular weight is 399 g/mol. The summed E-state index contributed by atoms with van der Waals surface area (Å²) in [7, 11) is 0. The van der Waals surface area contributed by atoms with Crippen LogP contribution in [0.5, 0.6) is 0 Å². The molecule has 0 radical (unpaired) electrons. The molecule has 8 atom stereocenters. The van der Waals surface area contributed by atoms with Crippen LogP contribution in [0.15, 0.2) is 48.1 Å². The van der Waals surface area contributed by atoms with Crippen LogP contribution < -0.4 is 0 Å². The van der Waals surface area contributed by atoms with Gasteiger partial charge in [-0.25, -0.2) is 0 Å². The summed E-state index contributed by atoms with van der Waals surface area (Å²) in [5, 5.41) is 10.4. The lowest BCUT2D eigenvalue weighted by molar-refractivity contribution is -0.148. The van der Waals surface area contributed by atoms with E-state index < -0.39 is 12.1 Å². The fourth-order valence-electron chi connectivity index (χ4n) is 5.41. The first-order valence-corrected chi connectivity index (χ1v) is 10.9. The van der Waals surface area contributed by atoms with Crippen molar-refractivity contribution in [3.63, 3.8) is 0 Å². The summed E-state index contributed by atoms with van der Waals surface area (Å²) in [4.78, 5) is 25.5. The summed E-state index contributed by atoms with van der Waals surface area (Å²) in [6, 6.07) is 0. The van der Waals surface area contributed by atoms with Crippen LogP contribution in [0, 0.1) is 35.5 Å². The highest BCUT2D eigenvalue weighted by Crippen LogP contribution is 2.48. The largest absolute Gasteiger partial charge is 0.458 e. The molecule has 4 nitrogen and oxygen atoms in total. The van der Waals surface area contributed by atoms with Crippen LogP contribution in [0.4, 0.5) is 0 Å². The van der Waals surface area contributed by atoms with E-state index in [0.717, 1.165) is 6.42 Å². The maximum Gasteiger partial charge on any atom is 0.309 e. The van der Waals surface area contributed by atoms with Gasteiger partial charge in [-0.3, -0.25) is 9.59 Å². The normalized spacial score (nSPS) is 43.3. The van der Waals surface area contributed by atoms with Crippen molar-refractivity contribution >= 4 is 11.8 Å². The Kier molecular flexibility index (Phi) is 6.94. The van der Waals surface area contributed by atoms with Crippen molar-refractivity contribution in [3.05, 3.63) is 48.1 Å². The molecule has 0 amide bonds. The Morgan fingerprint density at radius 2 is 1.66 bits per heavy atom. The summed E-state index contributed by atoms with van der Waals surface area (Å²) in [5.74, 6) is 0.645. The summed E-state index contributed by atoms with van der Waals surface area (Å²) in [6.07, 6.45) is 14.1. The zero-order chi connectivity index (χ0) is 21.1. The number of Topliss-reactive ketones (excluding diaryl/α,β-unsaturated/α-hetero) is 1. The van der Waals surface area contributed by atoms with E-state index in [1.165, 1.54) is 5.57 Å². The maximum absolute atomic E-state index is 13.4. The van der Waals surface area contributed by atoms with Gasteiger partial charge < -0.3 is 9.84 Å². The zero-order valence-corrected chi connectivity index (χ0v) is 18.0. The third kappa shape index (κ3) is 5.16. The standard InChI is InChI=1S/C25H34O4/c1-15-11-17(3)24-19(12-15)9-10-21-16(2)7-5-6-8-18(4)29-23(28)14-20(26)13-22(27)25(21)24/h5-11,16-21,24-26H,12-14H2,1-4H3/b7-5-,8-6+/t16-,17-,18+,19-,20?,21+,24-,25+/m0/s1. The molecule has 0 saturated carbocycles. The van der Waals surface area contributed by atoms with Crippen LogP contribution in [-0.2, 0) is 14.3 Å². The minimum atomic E-state index is -0.999. The monoisotopic (exact) mass is 398 g/mol. The van der Waals surface area contributed by atoms with Crippen LogP contribution in [0.2, 0.25) is 0 Å². The quantitative estimate of drug-likeness (QED) is 0.485. The fraction of sp³-hybridized carbons (Fsp3) is 0.600. The van der Waals surface area contributed by atoms with E-state index in [4.69, 9.17) is 4.74 Å². The second-order valence-electron chi connectivity index (χ2n) is 9.16. The Bertz CT molecular complexity index is 744. The topological polar surface area (TPSA) is 63.6 Å². The second-order valence-corrected chi connectivity index (χ2v) is 9.16.